The summed E-state index contributed by atoms with van der Waals surface area (Å²) in [7, 11) is 0. The van der Waals surface area contributed by atoms with Gasteiger partial charge in [-0.25, -0.2) is 0 Å². The summed E-state index contributed by atoms with van der Waals surface area (Å²) < 4.78 is 0. The Kier molecular flexibility index (Phi) is 1.97. The van der Waals surface area contributed by atoms with Gasteiger partial charge in [0.2, 0.25) is 0 Å². The maximum atomic E-state index is 9.11. The lowest BCUT2D eigenvalue weighted by Gasteiger charge is -2.22. The van der Waals surface area contributed by atoms with Crippen LogP contribution in [0.3, 0.4) is 0 Å². The Balaban J connectivity index is 2.13. The highest BCUT2D eigenvalue weighted by Gasteiger charge is 2.41. The van der Waals surface area contributed by atoms with Crippen LogP contribution >= 0.6 is 0 Å². The smallest absolute Gasteiger partial charge is 0.0587 e. The fraction of sp³-hybridized carbons (Fsp3) is 0.800. The molecule has 0 aromatic rings. The van der Waals surface area contributed by atoms with Crippen molar-refractivity contribution in [1.82, 2.24) is 4.90 Å². The minimum Gasteiger partial charge on any atom is -0.395 e. The van der Waals surface area contributed by atoms with Crippen LogP contribution in [0, 0.1) is 5.92 Å². The van der Waals surface area contributed by atoms with Gasteiger partial charge in [0, 0.05) is 18.6 Å². The molecule has 1 unspecified atom stereocenters. The van der Waals surface area contributed by atoms with Gasteiger partial charge in [0.25, 0.3) is 0 Å². The highest BCUT2D eigenvalue weighted by Crippen LogP contribution is 2.38. The summed E-state index contributed by atoms with van der Waals surface area (Å²) >= 11 is 0. The summed E-state index contributed by atoms with van der Waals surface area (Å²) in [6, 6.07) is 1.09. The molecule has 2 heterocycles. The van der Waals surface area contributed by atoms with Gasteiger partial charge in [-0.1, -0.05) is 19.1 Å². The number of nitrogens with zero attached hydrogens (tertiary/aromatic N) is 1. The van der Waals surface area contributed by atoms with Gasteiger partial charge in [-0.05, 0) is 18.8 Å². The van der Waals surface area contributed by atoms with E-state index in [1.54, 1.807) is 0 Å². The van der Waals surface area contributed by atoms with Crippen LogP contribution in [0.15, 0.2) is 12.2 Å². The molecule has 0 aliphatic carbocycles. The average Bonchev–Trinajstić information content (AvgIpc) is 2.55. The monoisotopic (exact) mass is 167 g/mol. The molecule has 68 valence electrons. The van der Waals surface area contributed by atoms with Crippen LogP contribution in [0.1, 0.15) is 19.8 Å². The zero-order chi connectivity index (χ0) is 8.72. The number of rotatable bonds is 1. The number of aliphatic hydroxyl groups is 1. The van der Waals surface area contributed by atoms with Crippen LogP contribution in [-0.2, 0) is 0 Å². The van der Waals surface area contributed by atoms with E-state index < -0.39 is 0 Å². The van der Waals surface area contributed by atoms with Crippen molar-refractivity contribution in [3.8, 4) is 0 Å². The van der Waals surface area contributed by atoms with Crippen molar-refractivity contribution in [2.24, 2.45) is 5.92 Å². The predicted octanol–water partition coefficient (Wildman–Crippen LogP) is 1.02. The minimum atomic E-state index is 0.316. The van der Waals surface area contributed by atoms with Gasteiger partial charge in [0.05, 0.1) is 6.61 Å². The zero-order valence-electron chi connectivity index (χ0n) is 7.66. The summed E-state index contributed by atoms with van der Waals surface area (Å²) in [6.45, 7) is 7.65. The lowest BCUT2D eigenvalue weighted by molar-refractivity contribution is 0.151. The highest BCUT2D eigenvalue weighted by molar-refractivity contribution is 5.16. The van der Waals surface area contributed by atoms with Gasteiger partial charge in [-0.3, -0.25) is 4.90 Å². The second-order valence-electron chi connectivity index (χ2n) is 4.10. The van der Waals surface area contributed by atoms with Crippen LogP contribution in [-0.4, -0.2) is 35.2 Å². The summed E-state index contributed by atoms with van der Waals surface area (Å²) in [5.41, 5.74) is 1.35. The summed E-state index contributed by atoms with van der Waals surface area (Å²) in [4.78, 5) is 2.42. The first kappa shape index (κ1) is 8.27. The summed E-state index contributed by atoms with van der Waals surface area (Å²) in [6.07, 6.45) is 2.41. The van der Waals surface area contributed by atoms with Crippen LogP contribution in [0.2, 0.25) is 0 Å². The first-order chi connectivity index (χ1) is 5.74. The Hall–Kier alpha value is -0.340. The van der Waals surface area contributed by atoms with E-state index in [4.69, 9.17) is 5.11 Å². The van der Waals surface area contributed by atoms with E-state index in [-0.39, 0.29) is 0 Å². The molecular formula is C10H17NO. The third-order valence-electron chi connectivity index (χ3n) is 3.51. The topological polar surface area (TPSA) is 23.5 Å². The molecule has 0 spiro atoms. The van der Waals surface area contributed by atoms with Crippen molar-refractivity contribution in [2.45, 2.75) is 31.8 Å². The largest absolute Gasteiger partial charge is 0.395 e. The van der Waals surface area contributed by atoms with Crippen molar-refractivity contribution < 1.29 is 5.11 Å². The molecule has 2 nitrogen and oxygen atoms in total. The predicted molar refractivity (Wildman–Crippen MR) is 48.9 cm³/mol. The number of fused-ring (bicyclic) bond motifs is 1. The normalized spacial score (nSPS) is 42.2. The molecule has 2 aliphatic heterocycles. The Labute approximate surface area is 73.9 Å². The van der Waals surface area contributed by atoms with E-state index in [2.05, 4.69) is 18.4 Å². The fourth-order valence-electron chi connectivity index (χ4n) is 2.60. The summed E-state index contributed by atoms with van der Waals surface area (Å²) in [5.74, 6) is 0.640. The Bertz CT molecular complexity index is 202. The van der Waals surface area contributed by atoms with Gasteiger partial charge in [0.15, 0.2) is 0 Å². The van der Waals surface area contributed by atoms with Crippen molar-refractivity contribution in [2.75, 3.05) is 13.2 Å². The molecule has 1 N–H and O–H groups in total. The van der Waals surface area contributed by atoms with Crippen LogP contribution in [0.4, 0.5) is 0 Å². The summed E-state index contributed by atoms with van der Waals surface area (Å²) in [5, 5.41) is 9.11. The van der Waals surface area contributed by atoms with E-state index in [9.17, 15) is 0 Å². The van der Waals surface area contributed by atoms with E-state index in [0.717, 1.165) is 6.54 Å². The lowest BCUT2D eigenvalue weighted by atomic mass is 9.97. The SMILES string of the molecule is C=C1CN2[C@H](CO)CC[C@H]2C1C. The van der Waals surface area contributed by atoms with Gasteiger partial charge in [-0.2, -0.15) is 0 Å². The van der Waals surface area contributed by atoms with Gasteiger partial charge >= 0.3 is 0 Å². The highest BCUT2D eigenvalue weighted by atomic mass is 16.3. The first-order valence-corrected chi connectivity index (χ1v) is 4.78. The molecule has 0 aromatic carbocycles. The molecule has 3 atom stereocenters. The van der Waals surface area contributed by atoms with Crippen LogP contribution < -0.4 is 0 Å². The second kappa shape index (κ2) is 2.86. The molecule has 0 radical (unpaired) electrons. The van der Waals surface area contributed by atoms with Crippen LogP contribution in [0.25, 0.3) is 0 Å². The van der Waals surface area contributed by atoms with Gasteiger partial charge < -0.3 is 5.11 Å². The molecule has 2 fully saturated rings. The molecule has 2 rings (SSSR count). The molecule has 0 amide bonds. The third kappa shape index (κ3) is 1.02. The lowest BCUT2D eigenvalue weighted by Crippen LogP contribution is -2.34. The molecule has 0 bridgehead atoms. The maximum Gasteiger partial charge on any atom is 0.0587 e. The van der Waals surface area contributed by atoms with Crippen molar-refractivity contribution in [3.63, 3.8) is 0 Å². The Morgan fingerprint density at radius 3 is 3.00 bits per heavy atom. The zero-order valence-corrected chi connectivity index (χ0v) is 7.66. The molecule has 0 saturated carbocycles. The Morgan fingerprint density at radius 1 is 1.58 bits per heavy atom. The number of aliphatic hydroxyl groups excluding tert-OH is 1. The maximum absolute atomic E-state index is 9.11. The quantitative estimate of drug-likeness (QED) is 0.589. The minimum absolute atomic E-state index is 0.316. The third-order valence-corrected chi connectivity index (χ3v) is 3.51. The molecule has 0 aromatic heterocycles. The Morgan fingerprint density at radius 2 is 2.33 bits per heavy atom. The molecule has 2 heteroatoms. The fourth-order valence-corrected chi connectivity index (χ4v) is 2.60. The number of hydrogen-bond acceptors (Lipinski definition) is 2. The van der Waals surface area contributed by atoms with E-state index in [0.29, 0.717) is 24.6 Å². The first-order valence-electron chi connectivity index (χ1n) is 4.78. The molecule has 2 aliphatic rings. The standard InChI is InChI=1S/C10H17NO/c1-7-5-11-9(6-12)3-4-10(11)8(7)2/h8-10,12H,1,3-6H2,2H3/t8?,9-,10-/m0/s1. The molecular weight excluding hydrogens is 150 g/mol. The van der Waals surface area contributed by atoms with E-state index in [1.165, 1.54) is 18.4 Å². The average molecular weight is 167 g/mol. The molecule has 12 heavy (non-hydrogen) atoms. The second-order valence-corrected chi connectivity index (χ2v) is 4.10. The van der Waals surface area contributed by atoms with E-state index in [1.807, 2.05) is 0 Å². The van der Waals surface area contributed by atoms with Gasteiger partial charge in [-0.15, -0.1) is 0 Å². The van der Waals surface area contributed by atoms with E-state index >= 15 is 0 Å². The molecule has 2 saturated heterocycles. The van der Waals surface area contributed by atoms with Crippen LogP contribution in [0.5, 0.6) is 0 Å². The van der Waals surface area contributed by atoms with Gasteiger partial charge in [0.1, 0.15) is 0 Å². The number of hydrogen-bond donors (Lipinski definition) is 1. The van der Waals surface area contributed by atoms with Crippen molar-refractivity contribution >= 4 is 0 Å². The van der Waals surface area contributed by atoms with Crippen molar-refractivity contribution in [1.29, 1.82) is 0 Å². The van der Waals surface area contributed by atoms with Crippen molar-refractivity contribution in [3.05, 3.63) is 12.2 Å².